The number of ketones is 1. The summed E-state index contributed by atoms with van der Waals surface area (Å²) >= 11 is 0. The zero-order chi connectivity index (χ0) is 18.4. The van der Waals surface area contributed by atoms with E-state index in [9.17, 15) is 19.7 Å². The van der Waals surface area contributed by atoms with Crippen molar-refractivity contribution in [2.45, 2.75) is 20.0 Å². The average molecular weight is 343 g/mol. The van der Waals surface area contributed by atoms with Crippen LogP contribution in [-0.2, 0) is 4.74 Å². The van der Waals surface area contributed by atoms with E-state index in [1.807, 2.05) is 6.92 Å². The molecule has 2 rings (SSSR count). The predicted octanol–water partition coefficient (Wildman–Crippen LogP) is 3.42. The molecule has 0 radical (unpaired) electrons. The van der Waals surface area contributed by atoms with Crippen LogP contribution < -0.4 is 4.74 Å². The number of esters is 1. The number of hydrogen-bond donors (Lipinski definition) is 0. The molecule has 0 aliphatic heterocycles. The molecule has 0 heterocycles. The summed E-state index contributed by atoms with van der Waals surface area (Å²) in [6.45, 7) is 3.86. The molecule has 0 aliphatic carbocycles. The first-order valence-electron chi connectivity index (χ1n) is 7.65. The smallest absolute Gasteiger partial charge is 0.338 e. The van der Waals surface area contributed by atoms with Gasteiger partial charge in [-0.25, -0.2) is 4.79 Å². The fourth-order valence-corrected chi connectivity index (χ4v) is 2.12. The first kappa shape index (κ1) is 18.1. The Hall–Kier alpha value is -3.22. The third-order valence-corrected chi connectivity index (χ3v) is 3.42. The van der Waals surface area contributed by atoms with Crippen molar-refractivity contribution >= 4 is 17.4 Å². The number of nitro groups is 1. The molecule has 0 fully saturated rings. The highest BCUT2D eigenvalue weighted by Gasteiger charge is 2.21. The van der Waals surface area contributed by atoms with E-state index < -0.39 is 17.0 Å². The van der Waals surface area contributed by atoms with E-state index in [-0.39, 0.29) is 17.0 Å². The van der Waals surface area contributed by atoms with E-state index in [0.29, 0.717) is 17.9 Å². The zero-order valence-electron chi connectivity index (χ0n) is 13.8. The standard InChI is InChI=1S/C18H17NO6/c1-3-24-16-10-6-13(7-11-16)17(20)12(2)25-18(21)14-4-8-15(9-5-14)19(22)23/h4-12H,3H2,1-2H3/t12-/m0/s1. The summed E-state index contributed by atoms with van der Waals surface area (Å²) in [5.74, 6) is -0.422. The lowest BCUT2D eigenvalue weighted by molar-refractivity contribution is -0.384. The molecule has 0 aliphatic rings. The van der Waals surface area contributed by atoms with Crippen molar-refractivity contribution in [1.82, 2.24) is 0 Å². The van der Waals surface area contributed by atoms with Gasteiger partial charge in [-0.15, -0.1) is 0 Å². The Kier molecular flexibility index (Phi) is 5.84. The third kappa shape index (κ3) is 4.63. The third-order valence-electron chi connectivity index (χ3n) is 3.42. The first-order valence-corrected chi connectivity index (χ1v) is 7.65. The largest absolute Gasteiger partial charge is 0.494 e. The summed E-state index contributed by atoms with van der Waals surface area (Å²) in [6.07, 6.45) is -0.986. The maximum Gasteiger partial charge on any atom is 0.338 e. The summed E-state index contributed by atoms with van der Waals surface area (Å²) in [5, 5.41) is 10.6. The quantitative estimate of drug-likeness (QED) is 0.331. The lowest BCUT2D eigenvalue weighted by Gasteiger charge is -2.12. The average Bonchev–Trinajstić information content (AvgIpc) is 2.62. The highest BCUT2D eigenvalue weighted by Crippen LogP contribution is 2.16. The molecule has 7 nitrogen and oxygen atoms in total. The van der Waals surface area contributed by atoms with Gasteiger partial charge in [0, 0.05) is 17.7 Å². The van der Waals surface area contributed by atoms with Gasteiger partial charge in [0.25, 0.3) is 5.69 Å². The number of ether oxygens (including phenoxy) is 2. The number of benzene rings is 2. The second-order valence-corrected chi connectivity index (χ2v) is 5.17. The van der Waals surface area contributed by atoms with Crippen LogP contribution in [0.4, 0.5) is 5.69 Å². The Bertz CT molecular complexity index is 767. The van der Waals surface area contributed by atoms with Gasteiger partial charge in [0.15, 0.2) is 6.10 Å². The van der Waals surface area contributed by atoms with Crippen LogP contribution in [0.1, 0.15) is 34.6 Å². The van der Waals surface area contributed by atoms with Crippen molar-refractivity contribution in [3.05, 3.63) is 69.8 Å². The molecule has 0 N–H and O–H groups in total. The summed E-state index contributed by atoms with van der Waals surface area (Å²) in [7, 11) is 0. The number of nitrogens with zero attached hydrogens (tertiary/aromatic N) is 1. The van der Waals surface area contributed by atoms with E-state index in [1.54, 1.807) is 24.3 Å². The van der Waals surface area contributed by atoms with Crippen molar-refractivity contribution in [3.8, 4) is 5.75 Å². The topological polar surface area (TPSA) is 95.7 Å². The van der Waals surface area contributed by atoms with Crippen LogP contribution >= 0.6 is 0 Å². The molecule has 0 saturated heterocycles. The number of hydrogen-bond acceptors (Lipinski definition) is 6. The van der Waals surface area contributed by atoms with Crippen molar-refractivity contribution in [2.24, 2.45) is 0 Å². The maximum absolute atomic E-state index is 12.3. The zero-order valence-corrected chi connectivity index (χ0v) is 13.8. The lowest BCUT2D eigenvalue weighted by Crippen LogP contribution is -2.24. The van der Waals surface area contributed by atoms with Gasteiger partial charge in [-0.3, -0.25) is 14.9 Å². The van der Waals surface area contributed by atoms with Gasteiger partial charge in [-0.1, -0.05) is 0 Å². The summed E-state index contributed by atoms with van der Waals surface area (Å²) in [5.41, 5.74) is 0.402. The Balaban J connectivity index is 2.02. The Morgan fingerprint density at radius 3 is 2.12 bits per heavy atom. The number of carbonyl (C=O) groups excluding carboxylic acids is 2. The molecule has 2 aromatic rings. The second-order valence-electron chi connectivity index (χ2n) is 5.17. The minimum absolute atomic E-state index is 0.130. The summed E-state index contributed by atoms with van der Waals surface area (Å²) in [6, 6.07) is 11.5. The number of nitro benzene ring substituents is 1. The number of Topliss-reactive ketones (excluding diaryl/α,β-unsaturated/α-hetero) is 1. The molecule has 130 valence electrons. The maximum atomic E-state index is 12.3. The Morgan fingerprint density at radius 1 is 1.04 bits per heavy atom. The molecule has 0 spiro atoms. The van der Waals surface area contributed by atoms with Crippen molar-refractivity contribution < 1.29 is 24.0 Å². The van der Waals surface area contributed by atoms with Gasteiger partial charge in [-0.2, -0.15) is 0 Å². The van der Waals surface area contributed by atoms with Crippen molar-refractivity contribution in [2.75, 3.05) is 6.61 Å². The van der Waals surface area contributed by atoms with Gasteiger partial charge in [0.2, 0.25) is 5.78 Å². The molecule has 7 heteroatoms. The summed E-state index contributed by atoms with van der Waals surface area (Å²) < 4.78 is 10.4. The Labute approximate surface area is 144 Å². The van der Waals surface area contributed by atoms with Crippen LogP contribution in [0.2, 0.25) is 0 Å². The molecule has 0 saturated carbocycles. The van der Waals surface area contributed by atoms with Crippen LogP contribution in [0, 0.1) is 10.1 Å². The van der Waals surface area contributed by atoms with Crippen molar-refractivity contribution in [1.29, 1.82) is 0 Å². The van der Waals surface area contributed by atoms with E-state index in [4.69, 9.17) is 9.47 Å². The molecule has 2 aromatic carbocycles. The van der Waals surface area contributed by atoms with Crippen LogP contribution in [-0.4, -0.2) is 29.4 Å². The highest BCUT2D eigenvalue weighted by molar-refractivity contribution is 6.01. The van der Waals surface area contributed by atoms with E-state index in [0.717, 1.165) is 0 Å². The van der Waals surface area contributed by atoms with Crippen LogP contribution in [0.5, 0.6) is 5.75 Å². The molecule has 0 aromatic heterocycles. The number of non-ortho nitro benzene ring substituents is 1. The number of rotatable bonds is 7. The highest BCUT2D eigenvalue weighted by atomic mass is 16.6. The van der Waals surface area contributed by atoms with Gasteiger partial charge >= 0.3 is 5.97 Å². The van der Waals surface area contributed by atoms with Crippen molar-refractivity contribution in [3.63, 3.8) is 0 Å². The van der Waals surface area contributed by atoms with Gasteiger partial charge < -0.3 is 9.47 Å². The fourth-order valence-electron chi connectivity index (χ4n) is 2.12. The molecule has 0 amide bonds. The predicted molar refractivity (Wildman–Crippen MR) is 89.9 cm³/mol. The summed E-state index contributed by atoms with van der Waals surface area (Å²) in [4.78, 5) is 34.4. The first-order chi connectivity index (χ1) is 11.9. The number of carbonyl (C=O) groups is 2. The van der Waals surface area contributed by atoms with Crippen LogP contribution in [0.25, 0.3) is 0 Å². The normalized spacial score (nSPS) is 11.4. The van der Waals surface area contributed by atoms with Gasteiger partial charge in [0.1, 0.15) is 5.75 Å². The van der Waals surface area contributed by atoms with Crippen LogP contribution in [0.3, 0.4) is 0 Å². The van der Waals surface area contributed by atoms with E-state index in [1.165, 1.54) is 31.2 Å². The molecular formula is C18H17NO6. The molecule has 0 unspecified atom stereocenters. The monoisotopic (exact) mass is 343 g/mol. The molecule has 25 heavy (non-hydrogen) atoms. The van der Waals surface area contributed by atoms with E-state index >= 15 is 0 Å². The fraction of sp³-hybridized carbons (Fsp3) is 0.222. The minimum Gasteiger partial charge on any atom is -0.494 e. The van der Waals surface area contributed by atoms with Gasteiger partial charge in [-0.05, 0) is 50.2 Å². The Morgan fingerprint density at radius 2 is 1.60 bits per heavy atom. The SMILES string of the molecule is CCOc1ccc(C(=O)[C@H](C)OC(=O)c2ccc([N+](=O)[O-])cc2)cc1. The molecular weight excluding hydrogens is 326 g/mol. The van der Waals surface area contributed by atoms with E-state index in [2.05, 4.69) is 0 Å². The van der Waals surface area contributed by atoms with Gasteiger partial charge in [0.05, 0.1) is 17.1 Å². The molecule has 1 atom stereocenters. The second kappa shape index (κ2) is 8.05. The molecule has 0 bridgehead atoms. The lowest BCUT2D eigenvalue weighted by atomic mass is 10.1. The van der Waals surface area contributed by atoms with Crippen LogP contribution in [0.15, 0.2) is 48.5 Å². The minimum atomic E-state index is -0.986.